The number of hydrogen-bond acceptors (Lipinski definition) is 7. The van der Waals surface area contributed by atoms with Gasteiger partial charge in [-0.3, -0.25) is 0 Å². The van der Waals surface area contributed by atoms with Crippen molar-refractivity contribution in [3.63, 3.8) is 0 Å². The minimum atomic E-state index is 0.206. The standard InChI is InChI=1S/C56H46N4O3/c1-62-55-25-13-22-52(40-55)59(43-17-8-4-9-18-43)49-35-29-46(30-36-49)57(45-27-33-48(34-28-45)58(42-15-6-3-7-16-42)51-21-12-24-54(61)39-51)47-31-37-50(38-32-47)60(44-19-10-5-11-20-44)53-23-14-26-56(41-53)63-2/h3-41,61H,1-2H3. The second-order valence-electron chi connectivity index (χ2n) is 14.8. The Morgan fingerprint density at radius 2 is 0.492 bits per heavy atom. The molecule has 0 aliphatic rings. The van der Waals surface area contributed by atoms with E-state index in [-0.39, 0.29) is 5.75 Å². The number of benzene rings is 9. The predicted octanol–water partition coefficient (Wildman–Crippen LogP) is 15.3. The molecule has 0 aliphatic carbocycles. The maximum Gasteiger partial charge on any atom is 0.120 e. The molecule has 63 heavy (non-hydrogen) atoms. The van der Waals surface area contributed by atoms with Gasteiger partial charge in [-0.15, -0.1) is 0 Å². The molecule has 9 rings (SSSR count). The van der Waals surface area contributed by atoms with E-state index in [2.05, 4.69) is 177 Å². The minimum absolute atomic E-state index is 0.206. The van der Waals surface area contributed by atoms with Gasteiger partial charge in [-0.1, -0.05) is 72.8 Å². The highest BCUT2D eigenvalue weighted by Crippen LogP contribution is 2.43. The molecule has 0 spiro atoms. The molecule has 0 saturated heterocycles. The first-order valence-corrected chi connectivity index (χ1v) is 20.8. The average molecular weight is 823 g/mol. The summed E-state index contributed by atoms with van der Waals surface area (Å²) in [5.41, 5.74) is 11.8. The normalized spacial score (nSPS) is 10.8. The van der Waals surface area contributed by atoms with Crippen LogP contribution in [0, 0.1) is 0 Å². The summed E-state index contributed by atoms with van der Waals surface area (Å²) in [4.78, 5) is 8.88. The molecule has 0 aliphatic heterocycles. The molecule has 0 heterocycles. The van der Waals surface area contributed by atoms with Crippen LogP contribution in [0.4, 0.5) is 68.2 Å². The lowest BCUT2D eigenvalue weighted by Gasteiger charge is -2.30. The summed E-state index contributed by atoms with van der Waals surface area (Å²) in [6, 6.07) is 80.4. The average Bonchev–Trinajstić information content (AvgIpc) is 3.34. The summed E-state index contributed by atoms with van der Waals surface area (Å²) in [7, 11) is 3.39. The highest BCUT2D eigenvalue weighted by molar-refractivity contribution is 5.85. The molecule has 7 heteroatoms. The molecule has 9 aromatic rings. The van der Waals surface area contributed by atoms with Crippen LogP contribution in [0.3, 0.4) is 0 Å². The molecule has 0 radical (unpaired) electrons. The molecule has 0 atom stereocenters. The van der Waals surface area contributed by atoms with Gasteiger partial charge in [-0.25, -0.2) is 0 Å². The zero-order valence-electron chi connectivity index (χ0n) is 35.1. The van der Waals surface area contributed by atoms with Gasteiger partial charge in [0.2, 0.25) is 0 Å². The lowest BCUT2D eigenvalue weighted by atomic mass is 10.1. The van der Waals surface area contributed by atoms with E-state index in [0.29, 0.717) is 0 Å². The molecule has 0 amide bonds. The summed E-state index contributed by atoms with van der Waals surface area (Å²) in [5, 5.41) is 10.5. The Morgan fingerprint density at radius 3 is 0.778 bits per heavy atom. The zero-order valence-corrected chi connectivity index (χ0v) is 35.1. The first-order chi connectivity index (χ1) is 31.1. The highest BCUT2D eigenvalue weighted by atomic mass is 16.5. The number of ether oxygens (including phenoxy) is 2. The molecule has 0 bridgehead atoms. The van der Waals surface area contributed by atoms with Crippen LogP contribution in [-0.4, -0.2) is 19.3 Å². The number of anilines is 12. The number of aromatic hydroxyl groups is 1. The predicted molar refractivity (Wildman–Crippen MR) is 260 cm³/mol. The van der Waals surface area contributed by atoms with Crippen LogP contribution in [0.1, 0.15) is 0 Å². The van der Waals surface area contributed by atoms with E-state index >= 15 is 0 Å². The van der Waals surface area contributed by atoms with Crippen LogP contribution >= 0.6 is 0 Å². The van der Waals surface area contributed by atoms with E-state index in [0.717, 1.165) is 79.7 Å². The maximum absolute atomic E-state index is 10.5. The summed E-state index contributed by atoms with van der Waals surface area (Å²) in [6.45, 7) is 0. The second kappa shape index (κ2) is 18.5. The fourth-order valence-electron chi connectivity index (χ4n) is 7.90. The van der Waals surface area contributed by atoms with Crippen LogP contribution in [0.25, 0.3) is 0 Å². The molecule has 0 unspecified atom stereocenters. The third-order valence-corrected chi connectivity index (χ3v) is 10.9. The third kappa shape index (κ3) is 8.76. The van der Waals surface area contributed by atoms with Crippen LogP contribution in [0.5, 0.6) is 17.2 Å². The first kappa shape index (κ1) is 40.0. The Bertz CT molecular complexity index is 2740. The Morgan fingerprint density at radius 1 is 0.254 bits per heavy atom. The lowest BCUT2D eigenvalue weighted by Crippen LogP contribution is -2.14. The van der Waals surface area contributed by atoms with Crippen LogP contribution in [0.15, 0.2) is 237 Å². The number of phenols is 1. The van der Waals surface area contributed by atoms with Gasteiger partial charge < -0.3 is 34.2 Å². The SMILES string of the molecule is COc1cccc(N(c2ccccc2)c2ccc(N(c3ccc(N(c4ccccc4)c4cccc(O)c4)cc3)c3ccc(N(c4ccccc4)c4cccc(OC)c4)cc3)cc2)c1. The van der Waals surface area contributed by atoms with E-state index in [1.165, 1.54) is 0 Å². The topological polar surface area (TPSA) is 51.7 Å². The van der Waals surface area contributed by atoms with E-state index in [4.69, 9.17) is 9.47 Å². The number of para-hydroxylation sites is 3. The van der Waals surface area contributed by atoms with Gasteiger partial charge in [0.1, 0.15) is 17.2 Å². The maximum atomic E-state index is 10.5. The summed E-state index contributed by atoms with van der Waals surface area (Å²) >= 11 is 0. The van der Waals surface area contributed by atoms with Crippen LogP contribution < -0.4 is 29.1 Å². The summed E-state index contributed by atoms with van der Waals surface area (Å²) in [6.07, 6.45) is 0. The number of methoxy groups -OCH3 is 2. The van der Waals surface area contributed by atoms with Crippen molar-refractivity contribution in [1.82, 2.24) is 0 Å². The molecular formula is C56H46N4O3. The van der Waals surface area contributed by atoms with Crippen LogP contribution in [0.2, 0.25) is 0 Å². The molecule has 0 fully saturated rings. The van der Waals surface area contributed by atoms with Crippen LogP contribution in [-0.2, 0) is 0 Å². The van der Waals surface area contributed by atoms with Gasteiger partial charge in [-0.05, 0) is 146 Å². The van der Waals surface area contributed by atoms with Gasteiger partial charge in [0, 0.05) is 86.4 Å². The zero-order chi connectivity index (χ0) is 43.0. The third-order valence-electron chi connectivity index (χ3n) is 10.9. The monoisotopic (exact) mass is 822 g/mol. The van der Waals surface area contributed by atoms with E-state index in [1.54, 1.807) is 26.4 Å². The fraction of sp³-hybridized carbons (Fsp3) is 0.0357. The number of rotatable bonds is 14. The number of nitrogens with zero attached hydrogens (tertiary/aromatic N) is 4. The fourth-order valence-corrected chi connectivity index (χ4v) is 7.90. The van der Waals surface area contributed by atoms with E-state index in [1.807, 2.05) is 66.7 Å². The molecule has 7 nitrogen and oxygen atoms in total. The van der Waals surface area contributed by atoms with Gasteiger partial charge in [0.25, 0.3) is 0 Å². The molecule has 308 valence electrons. The van der Waals surface area contributed by atoms with Gasteiger partial charge in [0.15, 0.2) is 0 Å². The van der Waals surface area contributed by atoms with Crippen molar-refractivity contribution in [2.24, 2.45) is 0 Å². The summed E-state index contributed by atoms with van der Waals surface area (Å²) in [5.74, 6) is 1.78. The smallest absolute Gasteiger partial charge is 0.120 e. The largest absolute Gasteiger partial charge is 0.508 e. The molecule has 0 saturated carbocycles. The number of hydrogen-bond donors (Lipinski definition) is 1. The molecular weight excluding hydrogens is 777 g/mol. The highest BCUT2D eigenvalue weighted by Gasteiger charge is 2.20. The minimum Gasteiger partial charge on any atom is -0.508 e. The van der Waals surface area contributed by atoms with Gasteiger partial charge >= 0.3 is 0 Å². The summed E-state index contributed by atoms with van der Waals surface area (Å²) < 4.78 is 11.3. The molecule has 0 aromatic heterocycles. The van der Waals surface area contributed by atoms with Gasteiger partial charge in [-0.2, -0.15) is 0 Å². The van der Waals surface area contributed by atoms with Crippen molar-refractivity contribution in [3.8, 4) is 17.2 Å². The molecule has 9 aromatic carbocycles. The van der Waals surface area contributed by atoms with Crippen molar-refractivity contribution in [3.05, 3.63) is 237 Å². The number of phenolic OH excluding ortho intramolecular Hbond substituents is 1. The van der Waals surface area contributed by atoms with Crippen molar-refractivity contribution < 1.29 is 14.6 Å². The lowest BCUT2D eigenvalue weighted by molar-refractivity contribution is 0.415. The Kier molecular flexibility index (Phi) is 11.7. The Hall–Kier alpha value is -8.42. The second-order valence-corrected chi connectivity index (χ2v) is 14.8. The van der Waals surface area contributed by atoms with E-state index < -0.39 is 0 Å². The molecule has 1 N–H and O–H groups in total. The van der Waals surface area contributed by atoms with Crippen molar-refractivity contribution >= 4 is 68.2 Å². The van der Waals surface area contributed by atoms with Crippen molar-refractivity contribution in [2.45, 2.75) is 0 Å². The van der Waals surface area contributed by atoms with Crippen molar-refractivity contribution in [2.75, 3.05) is 33.8 Å². The quantitative estimate of drug-likeness (QED) is 0.117. The Balaban J connectivity index is 1.14. The van der Waals surface area contributed by atoms with Gasteiger partial charge in [0.05, 0.1) is 14.2 Å². The Labute approximate surface area is 369 Å². The first-order valence-electron chi connectivity index (χ1n) is 20.8. The van der Waals surface area contributed by atoms with E-state index in [9.17, 15) is 5.11 Å². The van der Waals surface area contributed by atoms with Crippen molar-refractivity contribution in [1.29, 1.82) is 0 Å².